The molecule has 2 rings (SSSR count). The molecule has 0 aliphatic rings. The van der Waals surface area contributed by atoms with Crippen molar-refractivity contribution >= 4 is 33.0 Å². The van der Waals surface area contributed by atoms with Gasteiger partial charge in [0.15, 0.2) is 11.4 Å². The van der Waals surface area contributed by atoms with Crippen LogP contribution in [-0.2, 0) is 0 Å². The smallest absolute Gasteiger partial charge is 0.353 e. The number of carboxylic acids is 1. The van der Waals surface area contributed by atoms with Crippen molar-refractivity contribution in [3.63, 3.8) is 0 Å². The van der Waals surface area contributed by atoms with Crippen LogP contribution in [0.25, 0.3) is 11.1 Å². The second-order valence-electron chi connectivity index (χ2n) is 2.41. The van der Waals surface area contributed by atoms with Crippen molar-refractivity contribution in [1.29, 1.82) is 0 Å². The third kappa shape index (κ3) is 1.06. The standard InChI is InChI=1S/C7H3BrFNO3/c8-3-5(7(11)12)10-4-2(9)1-13-6(3)4/h1,10H,(H,11,12). The molecule has 0 aliphatic carbocycles. The van der Waals surface area contributed by atoms with Gasteiger partial charge in [-0.2, -0.15) is 0 Å². The monoisotopic (exact) mass is 247 g/mol. The van der Waals surface area contributed by atoms with Crippen LogP contribution in [0.5, 0.6) is 0 Å². The molecule has 0 aliphatic heterocycles. The highest BCUT2D eigenvalue weighted by molar-refractivity contribution is 9.10. The highest BCUT2D eigenvalue weighted by atomic mass is 79.9. The van der Waals surface area contributed by atoms with Gasteiger partial charge in [0, 0.05) is 0 Å². The van der Waals surface area contributed by atoms with E-state index in [0.29, 0.717) is 0 Å². The Bertz CT molecular complexity index is 487. The largest absolute Gasteiger partial charge is 0.477 e. The number of aromatic carboxylic acids is 1. The number of nitrogens with one attached hydrogen (secondary N) is 1. The maximum Gasteiger partial charge on any atom is 0.353 e. The van der Waals surface area contributed by atoms with Crippen molar-refractivity contribution < 1.29 is 18.7 Å². The lowest BCUT2D eigenvalue weighted by Crippen LogP contribution is -1.96. The van der Waals surface area contributed by atoms with E-state index in [1.807, 2.05) is 0 Å². The van der Waals surface area contributed by atoms with Gasteiger partial charge < -0.3 is 14.5 Å². The zero-order valence-corrected chi connectivity index (χ0v) is 7.68. The molecule has 0 aromatic carbocycles. The Morgan fingerprint density at radius 3 is 2.92 bits per heavy atom. The fourth-order valence-corrected chi connectivity index (χ4v) is 1.62. The highest BCUT2D eigenvalue weighted by Gasteiger charge is 2.19. The number of furan rings is 1. The molecule has 0 bridgehead atoms. The van der Waals surface area contributed by atoms with Crippen LogP contribution in [0.2, 0.25) is 0 Å². The lowest BCUT2D eigenvalue weighted by atomic mass is 10.4. The van der Waals surface area contributed by atoms with Gasteiger partial charge in [-0.1, -0.05) is 0 Å². The van der Waals surface area contributed by atoms with E-state index < -0.39 is 11.8 Å². The van der Waals surface area contributed by atoms with Gasteiger partial charge in [-0.3, -0.25) is 0 Å². The molecule has 0 unspecified atom stereocenters. The van der Waals surface area contributed by atoms with Crippen LogP contribution in [0, 0.1) is 5.82 Å². The number of H-pyrrole nitrogens is 1. The lowest BCUT2D eigenvalue weighted by Gasteiger charge is -1.87. The van der Waals surface area contributed by atoms with E-state index in [0.717, 1.165) is 6.26 Å². The Morgan fingerprint density at radius 1 is 1.69 bits per heavy atom. The summed E-state index contributed by atoms with van der Waals surface area (Å²) in [6.07, 6.45) is 0.914. The molecule has 0 saturated heterocycles. The Morgan fingerprint density at radius 2 is 2.38 bits per heavy atom. The van der Waals surface area contributed by atoms with Crippen molar-refractivity contribution in [1.82, 2.24) is 4.98 Å². The molecule has 2 aromatic rings. The van der Waals surface area contributed by atoms with Gasteiger partial charge in [-0.05, 0) is 15.9 Å². The van der Waals surface area contributed by atoms with E-state index >= 15 is 0 Å². The van der Waals surface area contributed by atoms with Crippen molar-refractivity contribution in [2.24, 2.45) is 0 Å². The molecule has 2 heterocycles. The first-order valence-corrected chi connectivity index (χ1v) is 4.08. The molecular weight excluding hydrogens is 245 g/mol. The second kappa shape index (κ2) is 2.59. The van der Waals surface area contributed by atoms with Crippen LogP contribution in [-0.4, -0.2) is 16.1 Å². The van der Waals surface area contributed by atoms with E-state index in [2.05, 4.69) is 20.9 Å². The van der Waals surface area contributed by atoms with Crippen LogP contribution < -0.4 is 0 Å². The quantitative estimate of drug-likeness (QED) is 0.813. The predicted octanol–water partition coefficient (Wildman–Crippen LogP) is 2.36. The molecule has 4 nitrogen and oxygen atoms in total. The molecule has 0 amide bonds. The molecule has 0 fully saturated rings. The van der Waals surface area contributed by atoms with Crippen LogP contribution in [0.15, 0.2) is 15.2 Å². The number of fused-ring (bicyclic) bond motifs is 1. The molecule has 0 saturated carbocycles. The van der Waals surface area contributed by atoms with Gasteiger partial charge in [0.25, 0.3) is 0 Å². The molecule has 68 valence electrons. The van der Waals surface area contributed by atoms with E-state index in [1.54, 1.807) is 0 Å². The number of hydrogen-bond donors (Lipinski definition) is 2. The highest BCUT2D eigenvalue weighted by Crippen LogP contribution is 2.30. The summed E-state index contributed by atoms with van der Waals surface area (Å²) in [5.41, 5.74) is 0.118. The summed E-state index contributed by atoms with van der Waals surface area (Å²) in [7, 11) is 0. The number of rotatable bonds is 1. The number of aromatic amines is 1. The van der Waals surface area contributed by atoms with E-state index in [-0.39, 0.29) is 21.3 Å². The minimum absolute atomic E-state index is 0.0595. The third-order valence-corrected chi connectivity index (χ3v) is 2.39. The number of halogens is 2. The molecule has 2 aromatic heterocycles. The normalized spacial score (nSPS) is 10.9. The summed E-state index contributed by atoms with van der Waals surface area (Å²) in [5, 5.41) is 8.65. The van der Waals surface area contributed by atoms with E-state index in [4.69, 9.17) is 9.52 Å². The molecule has 6 heteroatoms. The van der Waals surface area contributed by atoms with Gasteiger partial charge in [-0.25, -0.2) is 9.18 Å². The number of aromatic nitrogens is 1. The Hall–Kier alpha value is -1.30. The summed E-state index contributed by atoms with van der Waals surface area (Å²) in [4.78, 5) is 13.0. The van der Waals surface area contributed by atoms with Crippen molar-refractivity contribution in [2.75, 3.05) is 0 Å². The average Bonchev–Trinajstić information content (AvgIpc) is 2.55. The molecule has 0 spiro atoms. The molecule has 0 radical (unpaired) electrons. The van der Waals surface area contributed by atoms with Crippen molar-refractivity contribution in [2.45, 2.75) is 0 Å². The summed E-state index contributed by atoms with van der Waals surface area (Å²) >= 11 is 2.99. The van der Waals surface area contributed by atoms with Gasteiger partial charge in [0.05, 0.1) is 4.47 Å². The average molecular weight is 248 g/mol. The van der Waals surface area contributed by atoms with Crippen molar-refractivity contribution in [3.8, 4) is 0 Å². The number of hydrogen-bond acceptors (Lipinski definition) is 2. The summed E-state index contributed by atoms with van der Waals surface area (Å²) in [6.45, 7) is 0. The fraction of sp³-hybridized carbons (Fsp3) is 0. The Kier molecular flexibility index (Phi) is 1.66. The van der Waals surface area contributed by atoms with Crippen LogP contribution >= 0.6 is 15.9 Å². The predicted molar refractivity (Wildman–Crippen MR) is 45.2 cm³/mol. The lowest BCUT2D eigenvalue weighted by molar-refractivity contribution is 0.0690. The number of carbonyl (C=O) groups is 1. The number of carboxylic acid groups (broad SMARTS) is 1. The maximum absolute atomic E-state index is 12.9. The SMILES string of the molecule is O=C(O)c1[nH]c2c(F)coc2c1Br. The van der Waals surface area contributed by atoms with Gasteiger partial charge in [0.2, 0.25) is 0 Å². The van der Waals surface area contributed by atoms with Gasteiger partial charge in [0.1, 0.15) is 17.5 Å². The molecular formula is C7H3BrFNO3. The zero-order chi connectivity index (χ0) is 9.59. The van der Waals surface area contributed by atoms with E-state index in [9.17, 15) is 9.18 Å². The van der Waals surface area contributed by atoms with Crippen LogP contribution in [0.1, 0.15) is 10.5 Å². The summed E-state index contributed by atoms with van der Waals surface area (Å²) in [6, 6.07) is 0. The first-order chi connectivity index (χ1) is 6.11. The Balaban J connectivity index is 2.81. The third-order valence-electron chi connectivity index (χ3n) is 1.63. The minimum Gasteiger partial charge on any atom is -0.477 e. The summed E-state index contributed by atoms with van der Waals surface area (Å²) < 4.78 is 17.9. The minimum atomic E-state index is -1.17. The van der Waals surface area contributed by atoms with E-state index in [1.165, 1.54) is 0 Å². The fourth-order valence-electron chi connectivity index (χ4n) is 1.06. The first-order valence-electron chi connectivity index (χ1n) is 3.28. The summed E-state index contributed by atoms with van der Waals surface area (Å²) in [5.74, 6) is -1.78. The van der Waals surface area contributed by atoms with Crippen molar-refractivity contribution in [3.05, 3.63) is 22.2 Å². The molecule has 2 N–H and O–H groups in total. The molecule has 0 atom stereocenters. The topological polar surface area (TPSA) is 66.2 Å². The Labute approximate surface area is 79.5 Å². The van der Waals surface area contributed by atoms with Gasteiger partial charge >= 0.3 is 5.97 Å². The van der Waals surface area contributed by atoms with Gasteiger partial charge in [-0.15, -0.1) is 0 Å². The maximum atomic E-state index is 12.9. The first kappa shape index (κ1) is 8.31. The van der Waals surface area contributed by atoms with Crippen LogP contribution in [0.3, 0.4) is 0 Å². The zero-order valence-electron chi connectivity index (χ0n) is 6.10. The molecule has 13 heavy (non-hydrogen) atoms. The van der Waals surface area contributed by atoms with Crippen LogP contribution in [0.4, 0.5) is 4.39 Å². The second-order valence-corrected chi connectivity index (χ2v) is 3.20.